The van der Waals surface area contributed by atoms with Crippen molar-refractivity contribution in [2.24, 2.45) is 0 Å². The molecule has 0 amide bonds. The molecule has 0 aliphatic heterocycles. The second kappa shape index (κ2) is 8.35. The zero-order valence-electron chi connectivity index (χ0n) is 16.2. The average molecular weight is 347 g/mol. The summed E-state index contributed by atoms with van der Waals surface area (Å²) < 4.78 is 2.35. The summed E-state index contributed by atoms with van der Waals surface area (Å²) in [6, 6.07) is 21.8. The van der Waals surface area contributed by atoms with Gasteiger partial charge in [-0.1, -0.05) is 81.4 Å². The van der Waals surface area contributed by atoms with E-state index in [-0.39, 0.29) is 5.41 Å². The predicted octanol–water partition coefficient (Wildman–Crippen LogP) is 5.99. The molecule has 1 heterocycles. The summed E-state index contributed by atoms with van der Waals surface area (Å²) in [5.74, 6) is 1.59. The Bertz CT molecular complexity index is 791. The minimum absolute atomic E-state index is 0.00575. The summed E-state index contributed by atoms with van der Waals surface area (Å²) in [6.45, 7) is 7.96. The molecule has 0 N–H and O–H groups in total. The molecule has 2 aromatic carbocycles. The number of imidazole rings is 1. The Kier molecular flexibility index (Phi) is 5.92. The number of hydrogen-bond acceptors (Lipinski definition) is 1. The summed E-state index contributed by atoms with van der Waals surface area (Å²) in [5.41, 5.74) is 2.77. The Morgan fingerprint density at radius 2 is 1.62 bits per heavy atom. The molecule has 0 spiro atoms. The molecule has 0 aliphatic rings. The highest BCUT2D eigenvalue weighted by molar-refractivity contribution is 5.33. The number of rotatable bonds is 8. The van der Waals surface area contributed by atoms with Crippen molar-refractivity contribution in [3.8, 4) is 0 Å². The normalized spacial score (nSPS) is 14.7. The second-order valence-corrected chi connectivity index (χ2v) is 7.39. The van der Waals surface area contributed by atoms with Crippen LogP contribution in [0.4, 0.5) is 0 Å². The van der Waals surface area contributed by atoms with E-state index in [4.69, 9.17) is 4.98 Å². The molecule has 2 heteroatoms. The van der Waals surface area contributed by atoms with Crippen LogP contribution in [0.1, 0.15) is 56.5 Å². The van der Waals surface area contributed by atoms with E-state index in [1.165, 1.54) is 17.0 Å². The van der Waals surface area contributed by atoms with Crippen molar-refractivity contribution in [1.29, 1.82) is 0 Å². The molecular formula is C24H30N2. The SMILES string of the molecule is CCCn1ccnc1C(CC)C(C)(Cc1ccccc1)c1ccccc1. The van der Waals surface area contributed by atoms with Gasteiger partial charge in [-0.05, 0) is 30.4 Å². The van der Waals surface area contributed by atoms with Gasteiger partial charge >= 0.3 is 0 Å². The van der Waals surface area contributed by atoms with Crippen molar-refractivity contribution in [2.75, 3.05) is 0 Å². The Balaban J connectivity index is 2.07. The van der Waals surface area contributed by atoms with Crippen LogP contribution in [-0.2, 0) is 18.4 Å². The van der Waals surface area contributed by atoms with Gasteiger partial charge in [-0.25, -0.2) is 4.98 Å². The molecule has 0 radical (unpaired) electrons. The molecule has 1 aromatic heterocycles. The van der Waals surface area contributed by atoms with E-state index in [0.29, 0.717) is 5.92 Å². The van der Waals surface area contributed by atoms with E-state index in [9.17, 15) is 0 Å². The molecule has 136 valence electrons. The largest absolute Gasteiger partial charge is 0.335 e. The molecule has 2 atom stereocenters. The molecule has 3 rings (SSSR count). The van der Waals surface area contributed by atoms with Crippen LogP contribution in [0.25, 0.3) is 0 Å². The quantitative estimate of drug-likeness (QED) is 0.490. The fourth-order valence-electron chi connectivity index (χ4n) is 4.24. The van der Waals surface area contributed by atoms with Crippen LogP contribution in [0.2, 0.25) is 0 Å². The van der Waals surface area contributed by atoms with Gasteiger partial charge in [0.05, 0.1) is 0 Å². The summed E-state index contributed by atoms with van der Waals surface area (Å²) in [7, 11) is 0. The van der Waals surface area contributed by atoms with E-state index >= 15 is 0 Å². The molecule has 0 saturated carbocycles. The summed E-state index contributed by atoms with van der Waals surface area (Å²) in [5, 5.41) is 0. The van der Waals surface area contributed by atoms with Crippen molar-refractivity contribution in [2.45, 2.75) is 57.9 Å². The van der Waals surface area contributed by atoms with Gasteiger partial charge in [-0.15, -0.1) is 0 Å². The Labute approximate surface area is 157 Å². The molecule has 2 unspecified atom stereocenters. The molecule has 3 aromatic rings. The van der Waals surface area contributed by atoms with Crippen LogP contribution < -0.4 is 0 Å². The standard InChI is InChI=1S/C24H30N2/c1-4-17-26-18-16-25-23(26)22(5-2)24(3,21-14-10-7-11-15-21)19-20-12-8-6-9-13-20/h6-16,18,22H,4-5,17,19H2,1-3H3. The highest BCUT2D eigenvalue weighted by Gasteiger charge is 2.38. The Hall–Kier alpha value is -2.35. The fourth-order valence-corrected chi connectivity index (χ4v) is 4.24. The van der Waals surface area contributed by atoms with Crippen molar-refractivity contribution in [1.82, 2.24) is 9.55 Å². The highest BCUT2D eigenvalue weighted by atomic mass is 15.1. The fraction of sp³-hybridized carbons (Fsp3) is 0.375. The lowest BCUT2D eigenvalue weighted by molar-refractivity contribution is 0.339. The third kappa shape index (κ3) is 3.75. The molecular weight excluding hydrogens is 316 g/mol. The monoisotopic (exact) mass is 346 g/mol. The van der Waals surface area contributed by atoms with Crippen LogP contribution in [0, 0.1) is 0 Å². The first-order valence-electron chi connectivity index (χ1n) is 9.79. The highest BCUT2D eigenvalue weighted by Crippen LogP contribution is 2.43. The third-order valence-corrected chi connectivity index (χ3v) is 5.55. The van der Waals surface area contributed by atoms with E-state index in [1.54, 1.807) is 0 Å². The van der Waals surface area contributed by atoms with Gasteiger partial charge in [0, 0.05) is 30.3 Å². The van der Waals surface area contributed by atoms with Crippen LogP contribution in [0.5, 0.6) is 0 Å². The van der Waals surface area contributed by atoms with Gasteiger partial charge in [0.15, 0.2) is 0 Å². The molecule has 0 bridgehead atoms. The maximum absolute atomic E-state index is 4.80. The van der Waals surface area contributed by atoms with E-state index in [2.05, 4.69) is 92.2 Å². The number of aromatic nitrogens is 2. The summed E-state index contributed by atoms with van der Waals surface area (Å²) >= 11 is 0. The zero-order valence-corrected chi connectivity index (χ0v) is 16.2. The van der Waals surface area contributed by atoms with Crippen LogP contribution in [0.15, 0.2) is 73.1 Å². The number of nitrogens with zero attached hydrogens (tertiary/aromatic N) is 2. The first kappa shape index (κ1) is 18.4. The smallest absolute Gasteiger partial charge is 0.112 e. The first-order chi connectivity index (χ1) is 12.7. The maximum atomic E-state index is 4.80. The molecule has 26 heavy (non-hydrogen) atoms. The lowest BCUT2D eigenvalue weighted by atomic mass is 9.66. The topological polar surface area (TPSA) is 17.8 Å². The van der Waals surface area contributed by atoms with Crippen molar-refractivity contribution in [3.63, 3.8) is 0 Å². The van der Waals surface area contributed by atoms with E-state index < -0.39 is 0 Å². The van der Waals surface area contributed by atoms with Crippen LogP contribution in [0.3, 0.4) is 0 Å². The third-order valence-electron chi connectivity index (χ3n) is 5.55. The van der Waals surface area contributed by atoms with Crippen molar-refractivity contribution >= 4 is 0 Å². The first-order valence-corrected chi connectivity index (χ1v) is 9.79. The van der Waals surface area contributed by atoms with Gasteiger partial charge in [-0.2, -0.15) is 0 Å². The van der Waals surface area contributed by atoms with Gasteiger partial charge < -0.3 is 4.57 Å². The average Bonchev–Trinajstić information content (AvgIpc) is 3.12. The minimum atomic E-state index is -0.00575. The van der Waals surface area contributed by atoms with Crippen LogP contribution >= 0.6 is 0 Å². The second-order valence-electron chi connectivity index (χ2n) is 7.39. The number of aryl methyl sites for hydroxylation is 1. The molecule has 0 aliphatic carbocycles. The van der Waals surface area contributed by atoms with Gasteiger partial charge in [0.1, 0.15) is 5.82 Å². The molecule has 0 saturated heterocycles. The number of benzene rings is 2. The van der Waals surface area contributed by atoms with Gasteiger partial charge in [-0.3, -0.25) is 0 Å². The molecule has 2 nitrogen and oxygen atoms in total. The van der Waals surface area contributed by atoms with Crippen molar-refractivity contribution in [3.05, 3.63) is 90.0 Å². The Morgan fingerprint density at radius 3 is 2.23 bits per heavy atom. The molecule has 0 fully saturated rings. The minimum Gasteiger partial charge on any atom is -0.335 e. The van der Waals surface area contributed by atoms with E-state index in [1.807, 2.05) is 6.20 Å². The zero-order chi connectivity index (χ0) is 18.4. The number of hydrogen-bond donors (Lipinski definition) is 0. The summed E-state index contributed by atoms with van der Waals surface area (Å²) in [6.07, 6.45) is 7.30. The summed E-state index contributed by atoms with van der Waals surface area (Å²) in [4.78, 5) is 4.80. The lowest BCUT2D eigenvalue weighted by Crippen LogP contribution is -2.34. The van der Waals surface area contributed by atoms with Crippen LogP contribution in [-0.4, -0.2) is 9.55 Å². The van der Waals surface area contributed by atoms with Gasteiger partial charge in [0.25, 0.3) is 0 Å². The van der Waals surface area contributed by atoms with Gasteiger partial charge in [0.2, 0.25) is 0 Å². The van der Waals surface area contributed by atoms with E-state index in [0.717, 1.165) is 25.8 Å². The predicted molar refractivity (Wildman–Crippen MR) is 109 cm³/mol. The maximum Gasteiger partial charge on any atom is 0.112 e. The Morgan fingerprint density at radius 1 is 0.962 bits per heavy atom. The lowest BCUT2D eigenvalue weighted by Gasteiger charge is -2.38. The van der Waals surface area contributed by atoms with Crippen molar-refractivity contribution < 1.29 is 0 Å².